The molecule has 0 aromatic carbocycles. The van der Waals surface area contributed by atoms with Crippen LogP contribution in [0.5, 0.6) is 0 Å². The van der Waals surface area contributed by atoms with Crippen LogP contribution in [0.3, 0.4) is 0 Å². The predicted molar refractivity (Wildman–Crippen MR) is 49.8 cm³/mol. The van der Waals surface area contributed by atoms with Gasteiger partial charge in [0.25, 0.3) is 0 Å². The van der Waals surface area contributed by atoms with Crippen LogP contribution >= 0.6 is 0 Å². The van der Waals surface area contributed by atoms with E-state index in [2.05, 4.69) is 37.7 Å². The molecule has 0 unspecified atom stereocenters. The molecule has 3 heteroatoms. The zero-order chi connectivity index (χ0) is 7.71. The van der Waals surface area contributed by atoms with Gasteiger partial charge in [0.05, 0.1) is 0 Å². The average Bonchev–Trinajstić information content (AvgIpc) is 1.14. The van der Waals surface area contributed by atoms with Gasteiger partial charge in [-0.05, 0) is 0 Å². The van der Waals surface area contributed by atoms with E-state index in [1.165, 1.54) is 0 Å². The van der Waals surface area contributed by atoms with E-state index in [0.29, 0.717) is 0 Å². The molecule has 0 aromatic heterocycles. The van der Waals surface area contributed by atoms with E-state index in [-0.39, 0.29) is 0 Å². The van der Waals surface area contributed by atoms with Crippen molar-refractivity contribution in [3.63, 3.8) is 0 Å². The summed E-state index contributed by atoms with van der Waals surface area (Å²) < 4.78 is 3.81. The maximum absolute atomic E-state index is 3.81. The summed E-state index contributed by atoms with van der Waals surface area (Å²) in [4.78, 5) is 7.27. The molecule has 1 N–H and O–H groups in total. The fourth-order valence-corrected chi connectivity index (χ4v) is 22.6. The molecule has 0 aliphatic carbocycles. The third kappa shape index (κ3) is 8.98. The Bertz CT molecular complexity index is 78.2. The standard InChI is InChI=1S/C3H10NSi.3CH3.Sn/c1-5(2,3)4;;;;/h4H,1-3H3;3*1H3;/q-1;;;;+1. The number of rotatable bonds is 2. The topological polar surface area (TPSA) is 12.0 Å². The normalized spacial score (nSPS) is 14.0. The van der Waals surface area contributed by atoms with Gasteiger partial charge in [-0.25, -0.2) is 0 Å². The van der Waals surface area contributed by atoms with E-state index in [1.54, 1.807) is 0 Å². The Hall–Kier alpha value is 0.976. The molecule has 0 fully saturated rings. The Morgan fingerprint density at radius 1 is 1.00 bits per heavy atom. The molecule has 0 saturated carbocycles. The maximum atomic E-state index is 3.81. The first-order valence-electron chi connectivity index (χ1n) is 3.50. The number of hydrogen-bond donors (Lipinski definition) is 1. The molecule has 0 saturated heterocycles. The Labute approximate surface area is 64.5 Å². The first kappa shape index (κ1) is 9.98. The fourth-order valence-electron chi connectivity index (χ4n) is 1.12. The van der Waals surface area contributed by atoms with Gasteiger partial charge >= 0.3 is 64.5 Å². The first-order valence-corrected chi connectivity index (χ1v) is 17.0. The Kier molecular flexibility index (Phi) is 3.24. The van der Waals surface area contributed by atoms with Crippen LogP contribution in [0.25, 0.3) is 0 Å². The summed E-state index contributed by atoms with van der Waals surface area (Å²) in [5, 5.41) is 0. The first-order chi connectivity index (χ1) is 3.71. The van der Waals surface area contributed by atoms with E-state index >= 15 is 0 Å². The third-order valence-electron chi connectivity index (χ3n) is 0.750. The van der Waals surface area contributed by atoms with Crippen molar-refractivity contribution in [2.75, 3.05) is 0 Å². The predicted octanol–water partition coefficient (Wildman–Crippen LogP) is 2.25. The SMILES string of the molecule is C[Si](C)(C)[NH][Sn]([CH3])([CH3])[CH3]. The molecule has 0 rings (SSSR count). The zero-order valence-electron chi connectivity index (χ0n) is 7.50. The molecular formula is C6H19NSiSn. The van der Waals surface area contributed by atoms with Crippen LogP contribution in [-0.2, 0) is 0 Å². The second-order valence-corrected chi connectivity index (χ2v) is 24.4. The Morgan fingerprint density at radius 2 is 1.33 bits per heavy atom. The van der Waals surface area contributed by atoms with Gasteiger partial charge in [0.15, 0.2) is 0 Å². The summed E-state index contributed by atoms with van der Waals surface area (Å²) in [6.45, 7) is 7.11. The van der Waals surface area contributed by atoms with Crippen LogP contribution in [-0.4, -0.2) is 26.9 Å². The van der Waals surface area contributed by atoms with Gasteiger partial charge in [-0.1, -0.05) is 0 Å². The summed E-state index contributed by atoms with van der Waals surface area (Å²) in [5.41, 5.74) is 0. The summed E-state index contributed by atoms with van der Waals surface area (Å²) in [6.07, 6.45) is 0. The molecule has 1 nitrogen and oxygen atoms in total. The molecule has 0 aromatic rings. The summed E-state index contributed by atoms with van der Waals surface area (Å²) >= 11 is -1.63. The fraction of sp³-hybridized carbons (Fsp3) is 1.00. The zero-order valence-corrected chi connectivity index (χ0v) is 11.4. The van der Waals surface area contributed by atoms with E-state index in [9.17, 15) is 0 Å². The van der Waals surface area contributed by atoms with Crippen LogP contribution in [0.1, 0.15) is 0 Å². The van der Waals surface area contributed by atoms with Crippen molar-refractivity contribution in [2.45, 2.75) is 34.5 Å². The minimum absolute atomic E-state index is 0.949. The van der Waals surface area contributed by atoms with Crippen molar-refractivity contribution in [1.82, 2.24) is 3.20 Å². The van der Waals surface area contributed by atoms with Crippen molar-refractivity contribution in [2.24, 2.45) is 0 Å². The Morgan fingerprint density at radius 3 is 1.33 bits per heavy atom. The van der Waals surface area contributed by atoms with Crippen LogP contribution in [0.4, 0.5) is 0 Å². The van der Waals surface area contributed by atoms with Crippen molar-refractivity contribution < 1.29 is 0 Å². The summed E-state index contributed by atoms with van der Waals surface area (Å²) in [5.74, 6) is 0. The minimum atomic E-state index is -1.63. The van der Waals surface area contributed by atoms with Crippen LogP contribution < -0.4 is 3.20 Å². The van der Waals surface area contributed by atoms with Crippen molar-refractivity contribution >= 4 is 26.9 Å². The molecule has 0 bridgehead atoms. The van der Waals surface area contributed by atoms with Gasteiger partial charge in [-0.2, -0.15) is 0 Å². The number of nitrogens with one attached hydrogen (secondary N) is 1. The number of hydrogen-bond acceptors (Lipinski definition) is 1. The van der Waals surface area contributed by atoms with Gasteiger partial charge in [0, 0.05) is 0 Å². The monoisotopic (exact) mass is 253 g/mol. The average molecular weight is 252 g/mol. The molecule has 0 amide bonds. The van der Waals surface area contributed by atoms with Crippen molar-refractivity contribution in [3.05, 3.63) is 0 Å². The molecule has 9 heavy (non-hydrogen) atoms. The van der Waals surface area contributed by atoms with Gasteiger partial charge < -0.3 is 0 Å². The molecular weight excluding hydrogens is 233 g/mol. The van der Waals surface area contributed by atoms with Gasteiger partial charge in [-0.15, -0.1) is 0 Å². The second-order valence-electron chi connectivity index (χ2n) is 4.62. The summed E-state index contributed by atoms with van der Waals surface area (Å²) in [7, 11) is -0.949. The van der Waals surface area contributed by atoms with Crippen LogP contribution in [0.15, 0.2) is 0 Å². The van der Waals surface area contributed by atoms with E-state index in [1.807, 2.05) is 0 Å². The molecule has 56 valence electrons. The second kappa shape index (κ2) is 2.92. The molecule has 0 atom stereocenters. The van der Waals surface area contributed by atoms with Gasteiger partial charge in [0.2, 0.25) is 0 Å². The van der Waals surface area contributed by atoms with E-state index < -0.39 is 26.9 Å². The Balaban J connectivity index is 3.75. The molecule has 0 heterocycles. The molecule has 0 radical (unpaired) electrons. The van der Waals surface area contributed by atoms with Crippen molar-refractivity contribution in [1.29, 1.82) is 0 Å². The summed E-state index contributed by atoms with van der Waals surface area (Å²) in [6, 6.07) is 0. The third-order valence-corrected chi connectivity index (χ3v) is 15.1. The van der Waals surface area contributed by atoms with E-state index in [4.69, 9.17) is 0 Å². The van der Waals surface area contributed by atoms with Crippen LogP contribution in [0.2, 0.25) is 34.5 Å². The molecule has 0 aliphatic rings. The molecule has 0 aliphatic heterocycles. The van der Waals surface area contributed by atoms with E-state index in [0.717, 1.165) is 0 Å². The van der Waals surface area contributed by atoms with Gasteiger partial charge in [-0.3, -0.25) is 0 Å². The van der Waals surface area contributed by atoms with Crippen molar-refractivity contribution in [3.8, 4) is 0 Å². The van der Waals surface area contributed by atoms with Gasteiger partial charge in [0.1, 0.15) is 0 Å². The molecule has 0 spiro atoms. The quantitative estimate of drug-likeness (QED) is 0.743. The van der Waals surface area contributed by atoms with Crippen LogP contribution in [0, 0.1) is 0 Å².